The van der Waals surface area contributed by atoms with Crippen molar-refractivity contribution in [3.8, 4) is 6.07 Å². The summed E-state index contributed by atoms with van der Waals surface area (Å²) >= 11 is 0. The molecule has 4 nitrogen and oxygen atoms in total. The molecule has 1 aromatic carbocycles. The Morgan fingerprint density at radius 3 is 2.00 bits per heavy atom. The summed E-state index contributed by atoms with van der Waals surface area (Å²) in [5, 5.41) is 9.33. The summed E-state index contributed by atoms with van der Waals surface area (Å²) in [6, 6.07) is 11.0. The smallest absolute Gasteiger partial charge is 0.305 e. The summed E-state index contributed by atoms with van der Waals surface area (Å²) in [7, 11) is 1.51. The molecular formula is C30H44N2O2. The first-order valence-corrected chi connectivity index (χ1v) is 14.0. The number of nitriles is 1. The molecule has 0 spiro atoms. The highest BCUT2D eigenvalue weighted by Crippen LogP contribution is 2.44. The van der Waals surface area contributed by atoms with Crippen LogP contribution in [0.4, 0.5) is 0 Å². The topological polar surface area (TPSA) is 53.3 Å². The number of carbonyl (C=O) groups excluding carboxylic acids is 1. The quantitative estimate of drug-likeness (QED) is 0.395. The van der Waals surface area contributed by atoms with Crippen molar-refractivity contribution in [1.82, 2.24) is 4.90 Å². The number of hydrogen-bond acceptors (Lipinski definition) is 4. The van der Waals surface area contributed by atoms with E-state index >= 15 is 0 Å². The maximum Gasteiger partial charge on any atom is 0.305 e. The van der Waals surface area contributed by atoms with Crippen LogP contribution in [0.25, 0.3) is 0 Å². The molecular weight excluding hydrogens is 420 g/mol. The number of nitrogens with zero attached hydrogens (tertiary/aromatic N) is 2. The molecule has 0 bridgehead atoms. The zero-order chi connectivity index (χ0) is 23.8. The van der Waals surface area contributed by atoms with Crippen LogP contribution in [0.5, 0.6) is 0 Å². The first kappa shape index (κ1) is 25.2. The Labute approximate surface area is 207 Å². The van der Waals surface area contributed by atoms with E-state index < -0.39 is 0 Å². The van der Waals surface area contributed by atoms with Gasteiger partial charge in [-0.2, -0.15) is 5.26 Å². The third kappa shape index (κ3) is 6.63. The van der Waals surface area contributed by atoms with Crippen LogP contribution in [0, 0.1) is 29.1 Å². The van der Waals surface area contributed by atoms with Crippen molar-refractivity contribution in [2.75, 3.05) is 20.2 Å². The van der Waals surface area contributed by atoms with Crippen molar-refractivity contribution >= 4 is 5.97 Å². The van der Waals surface area contributed by atoms with Gasteiger partial charge in [0, 0.05) is 31.5 Å². The molecule has 3 aliphatic rings. The first-order chi connectivity index (χ1) is 16.7. The van der Waals surface area contributed by atoms with Gasteiger partial charge in [-0.05, 0) is 74.0 Å². The Hall–Kier alpha value is -1.86. The van der Waals surface area contributed by atoms with Crippen LogP contribution in [0.1, 0.15) is 107 Å². The van der Waals surface area contributed by atoms with E-state index in [-0.39, 0.29) is 5.97 Å². The Bertz CT molecular complexity index is 782. The molecule has 3 fully saturated rings. The first-order valence-electron chi connectivity index (χ1n) is 14.0. The molecule has 3 aliphatic carbocycles. The van der Waals surface area contributed by atoms with Gasteiger partial charge in [-0.25, -0.2) is 0 Å². The number of esters is 1. The van der Waals surface area contributed by atoms with Crippen LogP contribution in [-0.4, -0.2) is 37.1 Å². The summed E-state index contributed by atoms with van der Waals surface area (Å²) in [6.07, 6.45) is 17.8. The molecule has 0 saturated heterocycles. The second kappa shape index (κ2) is 12.7. The van der Waals surface area contributed by atoms with E-state index in [4.69, 9.17) is 4.74 Å². The molecule has 0 N–H and O–H groups in total. The van der Waals surface area contributed by atoms with Gasteiger partial charge in [0.1, 0.15) is 0 Å². The van der Waals surface area contributed by atoms with Gasteiger partial charge in [0.25, 0.3) is 0 Å². The number of benzene rings is 1. The normalized spacial score (nSPS) is 26.8. The largest absolute Gasteiger partial charge is 0.469 e. The number of ether oxygens (including phenoxy) is 1. The lowest BCUT2D eigenvalue weighted by molar-refractivity contribution is -0.142. The fourth-order valence-electron chi connectivity index (χ4n) is 7.22. The van der Waals surface area contributed by atoms with Gasteiger partial charge in [-0.3, -0.25) is 9.69 Å². The third-order valence-electron chi connectivity index (χ3n) is 8.98. The lowest BCUT2D eigenvalue weighted by Crippen LogP contribution is -2.49. The van der Waals surface area contributed by atoms with Crippen molar-refractivity contribution in [2.45, 2.75) is 102 Å². The fraction of sp³-hybridized carbons (Fsp3) is 0.733. The van der Waals surface area contributed by atoms with Crippen molar-refractivity contribution in [3.05, 3.63) is 35.4 Å². The Kier molecular flexibility index (Phi) is 9.45. The number of hydrogen-bond donors (Lipinski definition) is 0. The number of carbonyl (C=O) groups is 1. The zero-order valence-electron chi connectivity index (χ0n) is 21.2. The predicted molar refractivity (Wildman–Crippen MR) is 136 cm³/mol. The summed E-state index contributed by atoms with van der Waals surface area (Å²) in [5.41, 5.74) is 2.01. The predicted octanol–water partition coefficient (Wildman–Crippen LogP) is 6.84. The monoisotopic (exact) mass is 464 g/mol. The molecule has 3 unspecified atom stereocenters. The highest BCUT2D eigenvalue weighted by molar-refractivity contribution is 5.69. The van der Waals surface area contributed by atoms with Crippen LogP contribution in [0.3, 0.4) is 0 Å². The van der Waals surface area contributed by atoms with Crippen LogP contribution in [0.15, 0.2) is 24.3 Å². The van der Waals surface area contributed by atoms with Crippen LogP contribution >= 0.6 is 0 Å². The second-order valence-corrected chi connectivity index (χ2v) is 11.3. The average molecular weight is 465 g/mol. The van der Waals surface area contributed by atoms with Gasteiger partial charge >= 0.3 is 5.97 Å². The van der Waals surface area contributed by atoms with Gasteiger partial charge < -0.3 is 4.74 Å². The maximum atomic E-state index is 12.4. The maximum absolute atomic E-state index is 12.4. The molecule has 4 rings (SSSR count). The summed E-state index contributed by atoms with van der Waals surface area (Å²) in [4.78, 5) is 15.3. The number of methoxy groups -OCH3 is 1. The molecule has 0 amide bonds. The Balaban J connectivity index is 1.62. The fourth-order valence-corrected chi connectivity index (χ4v) is 7.22. The van der Waals surface area contributed by atoms with E-state index in [1.165, 1.54) is 103 Å². The van der Waals surface area contributed by atoms with E-state index in [0.29, 0.717) is 29.9 Å². The second-order valence-electron chi connectivity index (χ2n) is 11.3. The van der Waals surface area contributed by atoms with Gasteiger partial charge in [0.05, 0.1) is 18.7 Å². The molecule has 3 saturated carbocycles. The molecule has 1 aromatic rings. The summed E-state index contributed by atoms with van der Waals surface area (Å²) < 4.78 is 5.12. The van der Waals surface area contributed by atoms with Gasteiger partial charge in [-0.1, -0.05) is 57.1 Å². The van der Waals surface area contributed by atoms with Gasteiger partial charge in [0.2, 0.25) is 0 Å². The standard InChI is InChI=1S/C30H44N2O2/c1-34-29(33)19-27-13-8-14-28(30(27)26-17-15-23(20-31)16-18-26)32(21-24-9-4-2-5-10-24)22-25-11-6-3-7-12-25/h15-18,24-25,27-28,30H,2-14,19,21-22H2,1H3. The minimum atomic E-state index is -0.0876. The highest BCUT2D eigenvalue weighted by atomic mass is 16.5. The third-order valence-corrected chi connectivity index (χ3v) is 8.98. The summed E-state index contributed by atoms with van der Waals surface area (Å²) in [5.74, 6) is 2.18. The zero-order valence-corrected chi connectivity index (χ0v) is 21.2. The lowest BCUT2D eigenvalue weighted by atomic mass is 9.69. The molecule has 34 heavy (non-hydrogen) atoms. The molecule has 0 radical (unpaired) electrons. The minimum Gasteiger partial charge on any atom is -0.469 e. The van der Waals surface area contributed by atoms with Gasteiger partial charge in [-0.15, -0.1) is 0 Å². The SMILES string of the molecule is COC(=O)CC1CCCC(N(CC2CCCCC2)CC2CCCCC2)C1c1ccc(C#N)cc1. The van der Waals surface area contributed by atoms with Crippen molar-refractivity contribution in [2.24, 2.45) is 17.8 Å². The van der Waals surface area contributed by atoms with E-state index in [2.05, 4.69) is 23.1 Å². The summed E-state index contributed by atoms with van der Waals surface area (Å²) in [6.45, 7) is 2.44. The van der Waals surface area contributed by atoms with Crippen molar-refractivity contribution in [1.29, 1.82) is 5.26 Å². The van der Waals surface area contributed by atoms with Crippen LogP contribution in [-0.2, 0) is 9.53 Å². The van der Waals surface area contributed by atoms with Crippen LogP contribution < -0.4 is 0 Å². The van der Waals surface area contributed by atoms with E-state index in [1.807, 2.05) is 12.1 Å². The molecule has 4 heteroatoms. The molecule has 3 atom stereocenters. The van der Waals surface area contributed by atoms with Crippen molar-refractivity contribution < 1.29 is 9.53 Å². The van der Waals surface area contributed by atoms with E-state index in [1.54, 1.807) is 0 Å². The molecule has 186 valence electrons. The lowest BCUT2D eigenvalue weighted by Gasteiger charge is -2.47. The number of rotatable bonds is 8. The average Bonchev–Trinajstić information content (AvgIpc) is 2.89. The van der Waals surface area contributed by atoms with E-state index in [0.717, 1.165) is 18.3 Å². The highest BCUT2D eigenvalue weighted by Gasteiger charge is 2.40. The molecule has 0 aromatic heterocycles. The minimum absolute atomic E-state index is 0.0876. The molecule has 0 aliphatic heterocycles. The van der Waals surface area contributed by atoms with E-state index in [9.17, 15) is 10.1 Å². The van der Waals surface area contributed by atoms with Crippen molar-refractivity contribution in [3.63, 3.8) is 0 Å². The van der Waals surface area contributed by atoms with Gasteiger partial charge in [0.15, 0.2) is 0 Å². The Morgan fingerprint density at radius 2 is 1.47 bits per heavy atom. The molecule has 0 heterocycles. The van der Waals surface area contributed by atoms with Crippen LogP contribution in [0.2, 0.25) is 0 Å². The Morgan fingerprint density at radius 1 is 0.882 bits per heavy atom.